The predicted octanol–water partition coefficient (Wildman–Crippen LogP) is 6.59. The predicted molar refractivity (Wildman–Crippen MR) is 191 cm³/mol. The number of pyridine rings is 1. The fourth-order valence-corrected chi connectivity index (χ4v) is 8.61. The van der Waals surface area contributed by atoms with Crippen LogP contribution in [-0.4, -0.2) is 77.7 Å². The van der Waals surface area contributed by atoms with E-state index in [-0.39, 0.29) is 47.6 Å². The SMILES string of the molecule is CC(=O)c1nn(CC(=O)N2[C@H]3C[C@@]4(CCCCCCCN(C)Cc5ccc(Br)nc5CC3=O)C[C@@H]24)c2c(CF)cc(-c3cnc(C)nc3)cc12. The summed E-state index contributed by atoms with van der Waals surface area (Å²) >= 11 is 3.50. The number of carbonyl (C=O) groups excluding carboxylic acids is 3. The molecule has 2 bridgehead atoms. The number of piperidine rings is 1. The van der Waals surface area contributed by atoms with Gasteiger partial charge in [-0.05, 0) is 96.9 Å². The molecule has 7 rings (SSSR count). The van der Waals surface area contributed by atoms with Crippen molar-refractivity contribution in [3.8, 4) is 11.1 Å². The largest absolute Gasteiger partial charge is 0.327 e. The number of Topliss-reactive ketones (excluding diaryl/α,β-unsaturated/α-hetero) is 2. The Kier molecular flexibility index (Phi) is 9.69. The number of hydrogen-bond donors (Lipinski definition) is 0. The minimum atomic E-state index is -0.817. The Morgan fingerprint density at radius 2 is 1.80 bits per heavy atom. The van der Waals surface area contributed by atoms with E-state index < -0.39 is 12.7 Å². The van der Waals surface area contributed by atoms with Crippen LogP contribution in [0.3, 0.4) is 0 Å². The van der Waals surface area contributed by atoms with Gasteiger partial charge in [0.2, 0.25) is 5.91 Å². The molecule has 4 aromatic rings. The molecule has 3 atom stereocenters. The van der Waals surface area contributed by atoms with Crippen LogP contribution in [0.2, 0.25) is 0 Å². The number of benzene rings is 1. The monoisotopic (exact) mass is 743 g/mol. The molecule has 3 aliphatic rings. The fraction of sp³-hybridized carbons (Fsp3) is 0.500. The normalized spacial score (nSPS) is 23.1. The summed E-state index contributed by atoms with van der Waals surface area (Å²) in [6.45, 7) is 3.87. The Morgan fingerprint density at radius 1 is 1.04 bits per heavy atom. The maximum atomic E-state index is 14.7. The molecule has 1 aliphatic carbocycles. The number of fused-ring (bicyclic) bond motifs is 3. The first-order valence-electron chi connectivity index (χ1n) is 17.6. The molecular weight excluding hydrogens is 701 g/mol. The summed E-state index contributed by atoms with van der Waals surface area (Å²) in [5.41, 5.74) is 3.92. The smallest absolute Gasteiger partial charge is 0.245 e. The zero-order valence-corrected chi connectivity index (χ0v) is 30.5. The van der Waals surface area contributed by atoms with E-state index >= 15 is 0 Å². The molecule has 1 saturated carbocycles. The molecule has 1 amide bonds. The molecule has 0 radical (unpaired) electrons. The number of aromatic nitrogens is 5. The van der Waals surface area contributed by atoms with Crippen molar-refractivity contribution in [2.45, 2.75) is 103 Å². The number of aryl methyl sites for hydroxylation is 1. The molecule has 2 aliphatic heterocycles. The van der Waals surface area contributed by atoms with E-state index in [0.717, 1.165) is 49.9 Å². The van der Waals surface area contributed by atoms with E-state index in [1.807, 2.05) is 12.1 Å². The standard InChI is InChI=1S/C38H43BrFN7O3/c1-23(48)36-29-14-26(28-19-41-24(2)42-20-28)13-27(18-40)37(29)46(44-36)22-35(50)47-31-16-38(17-33(38)47)11-7-5-4-6-8-12-45(3)21-25-9-10-34(39)43-30(25)15-32(31)49/h9-10,13-14,19-20,31,33H,4-8,11-12,15-18,21-22H2,1-3H3/t31-,33+,38-/m0/s1. The number of carbonyl (C=O) groups is 3. The zero-order chi connectivity index (χ0) is 35.2. The molecule has 1 spiro atoms. The van der Waals surface area contributed by atoms with Crippen LogP contribution in [-0.2, 0) is 35.8 Å². The van der Waals surface area contributed by atoms with Gasteiger partial charge in [0.15, 0.2) is 11.6 Å². The molecule has 1 saturated heterocycles. The van der Waals surface area contributed by atoms with Crippen molar-refractivity contribution in [3.05, 3.63) is 69.6 Å². The van der Waals surface area contributed by atoms with Crippen LogP contribution in [0.5, 0.6) is 0 Å². The van der Waals surface area contributed by atoms with Crippen molar-refractivity contribution in [3.63, 3.8) is 0 Å². The highest BCUT2D eigenvalue weighted by molar-refractivity contribution is 9.10. The lowest BCUT2D eigenvalue weighted by molar-refractivity contribution is -0.139. The summed E-state index contributed by atoms with van der Waals surface area (Å²) in [5, 5.41) is 5.07. The quantitative estimate of drug-likeness (QED) is 0.166. The Morgan fingerprint density at radius 3 is 2.56 bits per heavy atom. The molecule has 2 fully saturated rings. The lowest BCUT2D eigenvalue weighted by atomic mass is 9.90. The number of alkyl halides is 1. The maximum absolute atomic E-state index is 14.7. The van der Waals surface area contributed by atoms with Gasteiger partial charge in [0, 0.05) is 48.4 Å². The van der Waals surface area contributed by atoms with Gasteiger partial charge < -0.3 is 9.80 Å². The lowest BCUT2D eigenvalue weighted by Gasteiger charge is -2.27. The number of likely N-dealkylation sites (tertiary alicyclic amines) is 1. The van der Waals surface area contributed by atoms with E-state index in [4.69, 9.17) is 4.98 Å². The van der Waals surface area contributed by atoms with Crippen LogP contribution in [0.1, 0.15) is 91.4 Å². The van der Waals surface area contributed by atoms with Crippen LogP contribution < -0.4 is 0 Å². The van der Waals surface area contributed by atoms with Crippen molar-refractivity contribution in [2.75, 3.05) is 13.6 Å². The molecule has 3 aromatic heterocycles. The molecule has 50 heavy (non-hydrogen) atoms. The first-order valence-corrected chi connectivity index (χ1v) is 18.4. The molecule has 262 valence electrons. The first-order chi connectivity index (χ1) is 24.1. The Bertz CT molecular complexity index is 1960. The molecule has 1 aromatic carbocycles. The molecule has 12 heteroatoms. The van der Waals surface area contributed by atoms with E-state index in [0.29, 0.717) is 51.0 Å². The number of amides is 1. The van der Waals surface area contributed by atoms with Crippen LogP contribution in [0.15, 0.2) is 41.3 Å². The molecular formula is C38H43BrFN7O3. The summed E-state index contributed by atoms with van der Waals surface area (Å²) < 4.78 is 16.9. The number of rotatable bonds is 5. The fourth-order valence-electron chi connectivity index (χ4n) is 8.27. The third-order valence-corrected chi connectivity index (χ3v) is 11.3. The second-order valence-corrected chi connectivity index (χ2v) is 15.3. The van der Waals surface area contributed by atoms with Crippen molar-refractivity contribution in [1.82, 2.24) is 34.5 Å². The second kappa shape index (κ2) is 14.0. The van der Waals surface area contributed by atoms with E-state index in [2.05, 4.69) is 42.9 Å². The van der Waals surface area contributed by atoms with Gasteiger partial charge in [-0.3, -0.25) is 19.1 Å². The van der Waals surface area contributed by atoms with Crippen molar-refractivity contribution in [1.29, 1.82) is 0 Å². The van der Waals surface area contributed by atoms with E-state index in [1.54, 1.807) is 36.4 Å². The van der Waals surface area contributed by atoms with Crippen LogP contribution in [0, 0.1) is 12.3 Å². The summed E-state index contributed by atoms with van der Waals surface area (Å²) in [6, 6.07) is 6.84. The van der Waals surface area contributed by atoms with Gasteiger partial charge >= 0.3 is 0 Å². The summed E-state index contributed by atoms with van der Waals surface area (Å²) in [5.74, 6) is 0.0646. The van der Waals surface area contributed by atoms with Gasteiger partial charge in [-0.1, -0.05) is 31.7 Å². The maximum Gasteiger partial charge on any atom is 0.245 e. The molecule has 0 N–H and O–H groups in total. The Balaban J connectivity index is 1.22. The number of halogens is 2. The number of hydrogen-bond acceptors (Lipinski definition) is 8. The van der Waals surface area contributed by atoms with Crippen LogP contribution >= 0.6 is 15.9 Å². The molecule has 10 nitrogen and oxygen atoms in total. The van der Waals surface area contributed by atoms with Crippen molar-refractivity contribution in [2.24, 2.45) is 5.41 Å². The van der Waals surface area contributed by atoms with Crippen LogP contribution in [0.25, 0.3) is 22.0 Å². The van der Waals surface area contributed by atoms with Gasteiger partial charge in [-0.2, -0.15) is 5.10 Å². The number of nitrogens with zero attached hydrogens (tertiary/aromatic N) is 7. The highest BCUT2D eigenvalue weighted by Crippen LogP contribution is 2.62. The first kappa shape index (κ1) is 34.5. The third kappa shape index (κ3) is 6.76. The lowest BCUT2D eigenvalue weighted by Crippen LogP contribution is -2.45. The minimum absolute atomic E-state index is 0.0179. The van der Waals surface area contributed by atoms with Crippen molar-refractivity contribution >= 4 is 44.3 Å². The van der Waals surface area contributed by atoms with Crippen LogP contribution in [0.4, 0.5) is 4.39 Å². The summed E-state index contributed by atoms with van der Waals surface area (Å²) in [7, 11) is 2.11. The van der Waals surface area contributed by atoms with Gasteiger partial charge in [-0.25, -0.2) is 19.3 Å². The molecule has 0 unspecified atom stereocenters. The topological polar surface area (TPSA) is 114 Å². The van der Waals surface area contributed by atoms with E-state index in [1.165, 1.54) is 24.4 Å². The van der Waals surface area contributed by atoms with Gasteiger partial charge in [0.05, 0.1) is 23.7 Å². The van der Waals surface area contributed by atoms with Gasteiger partial charge in [-0.15, -0.1) is 0 Å². The Hall–Kier alpha value is -3.90. The third-order valence-electron chi connectivity index (χ3n) is 10.9. The number of ketones is 2. The van der Waals surface area contributed by atoms with E-state index in [9.17, 15) is 18.8 Å². The second-order valence-electron chi connectivity index (χ2n) is 14.5. The highest BCUT2D eigenvalue weighted by Gasteiger charge is 2.66. The minimum Gasteiger partial charge on any atom is -0.327 e. The molecule has 5 heterocycles. The van der Waals surface area contributed by atoms with Gasteiger partial charge in [0.25, 0.3) is 0 Å². The van der Waals surface area contributed by atoms with Crippen molar-refractivity contribution < 1.29 is 18.8 Å². The van der Waals surface area contributed by atoms with Gasteiger partial charge in [0.1, 0.15) is 29.3 Å². The zero-order valence-electron chi connectivity index (χ0n) is 28.9. The highest BCUT2D eigenvalue weighted by atomic mass is 79.9. The summed E-state index contributed by atoms with van der Waals surface area (Å²) in [4.78, 5) is 58.9. The Labute approximate surface area is 300 Å². The average Bonchev–Trinajstić information content (AvgIpc) is 3.49. The summed E-state index contributed by atoms with van der Waals surface area (Å²) in [6.07, 6.45) is 11.7. The average molecular weight is 745 g/mol.